The number of hydrogen-bond donors (Lipinski definition) is 1. The summed E-state index contributed by atoms with van der Waals surface area (Å²) in [5, 5.41) is 3.28. The second-order valence-electron chi connectivity index (χ2n) is 3.76. The molecule has 0 bridgehead atoms. The Balaban J connectivity index is 2.75. The first-order valence-electron chi connectivity index (χ1n) is 4.98. The molecule has 0 heterocycles. The van der Waals surface area contributed by atoms with Crippen LogP contribution in [0.25, 0.3) is 0 Å². The number of aryl methyl sites for hydroxylation is 3. The van der Waals surface area contributed by atoms with Crippen molar-refractivity contribution >= 4 is 15.9 Å². The lowest BCUT2D eigenvalue weighted by atomic mass is 9.97. The van der Waals surface area contributed by atoms with Gasteiger partial charge in [-0.15, -0.1) is 0 Å². The van der Waals surface area contributed by atoms with Crippen molar-refractivity contribution < 1.29 is 0 Å². The van der Waals surface area contributed by atoms with Crippen LogP contribution >= 0.6 is 15.9 Å². The number of nitrogens with one attached hydrogen (secondary N) is 1. The summed E-state index contributed by atoms with van der Waals surface area (Å²) < 4.78 is 0. The van der Waals surface area contributed by atoms with Crippen LogP contribution in [-0.2, 0) is 6.42 Å². The minimum absolute atomic E-state index is 0.872. The molecule has 0 saturated carbocycles. The second kappa shape index (κ2) is 5.52. The van der Waals surface area contributed by atoms with Crippen molar-refractivity contribution in [2.24, 2.45) is 0 Å². The summed E-state index contributed by atoms with van der Waals surface area (Å²) in [7, 11) is 0. The SMILES string of the molecule is Cc1cc(C)c(CCNCBr)c(C)c1. The van der Waals surface area contributed by atoms with Crippen molar-refractivity contribution in [3.8, 4) is 0 Å². The van der Waals surface area contributed by atoms with E-state index < -0.39 is 0 Å². The van der Waals surface area contributed by atoms with E-state index in [-0.39, 0.29) is 0 Å². The van der Waals surface area contributed by atoms with Crippen LogP contribution in [0.1, 0.15) is 22.3 Å². The summed E-state index contributed by atoms with van der Waals surface area (Å²) in [5.41, 5.74) is 6.55. The van der Waals surface area contributed by atoms with Gasteiger partial charge in [0, 0.05) is 0 Å². The maximum atomic E-state index is 3.36. The Hall–Kier alpha value is -0.340. The highest BCUT2D eigenvalue weighted by Crippen LogP contribution is 2.16. The van der Waals surface area contributed by atoms with Gasteiger partial charge >= 0.3 is 0 Å². The molecule has 0 atom stereocenters. The van der Waals surface area contributed by atoms with Gasteiger partial charge in [0.15, 0.2) is 0 Å². The molecule has 0 fully saturated rings. The lowest BCUT2D eigenvalue weighted by Gasteiger charge is -2.11. The Morgan fingerprint density at radius 2 is 1.71 bits per heavy atom. The highest BCUT2D eigenvalue weighted by molar-refractivity contribution is 9.09. The largest absolute Gasteiger partial charge is 0.307 e. The quantitative estimate of drug-likeness (QED) is 0.496. The number of benzene rings is 1. The van der Waals surface area contributed by atoms with Gasteiger partial charge in [-0.2, -0.15) is 0 Å². The fourth-order valence-corrected chi connectivity index (χ4v) is 2.16. The normalized spacial score (nSPS) is 10.6. The van der Waals surface area contributed by atoms with Crippen LogP contribution in [-0.4, -0.2) is 12.0 Å². The predicted molar refractivity (Wildman–Crippen MR) is 66.2 cm³/mol. The Morgan fingerprint density at radius 3 is 2.21 bits per heavy atom. The lowest BCUT2D eigenvalue weighted by Crippen LogP contribution is -2.15. The van der Waals surface area contributed by atoms with E-state index in [9.17, 15) is 0 Å². The van der Waals surface area contributed by atoms with Crippen LogP contribution in [0.2, 0.25) is 0 Å². The van der Waals surface area contributed by atoms with Gasteiger partial charge in [-0.1, -0.05) is 33.6 Å². The molecule has 0 amide bonds. The summed E-state index contributed by atoms with van der Waals surface area (Å²) >= 11 is 3.36. The van der Waals surface area contributed by atoms with Gasteiger partial charge in [0.2, 0.25) is 0 Å². The van der Waals surface area contributed by atoms with E-state index in [0.29, 0.717) is 0 Å². The molecule has 1 nitrogen and oxygen atoms in total. The van der Waals surface area contributed by atoms with Gasteiger partial charge in [-0.25, -0.2) is 0 Å². The van der Waals surface area contributed by atoms with Crippen molar-refractivity contribution in [1.29, 1.82) is 0 Å². The van der Waals surface area contributed by atoms with Crippen molar-refractivity contribution in [3.63, 3.8) is 0 Å². The molecule has 2 heteroatoms. The molecule has 1 N–H and O–H groups in total. The zero-order valence-corrected chi connectivity index (χ0v) is 10.7. The van der Waals surface area contributed by atoms with E-state index in [1.54, 1.807) is 0 Å². The second-order valence-corrected chi connectivity index (χ2v) is 4.32. The maximum Gasteiger partial charge on any atom is 0.0517 e. The Kier molecular flexibility index (Phi) is 4.63. The van der Waals surface area contributed by atoms with E-state index in [2.05, 4.69) is 54.2 Å². The summed E-state index contributed by atoms with van der Waals surface area (Å²) in [6, 6.07) is 4.52. The summed E-state index contributed by atoms with van der Waals surface area (Å²) in [5.74, 6) is 0. The van der Waals surface area contributed by atoms with Crippen LogP contribution in [0.15, 0.2) is 12.1 Å². The van der Waals surface area contributed by atoms with E-state index in [1.807, 2.05) is 0 Å². The van der Waals surface area contributed by atoms with E-state index in [0.717, 1.165) is 18.4 Å². The molecule has 1 aromatic rings. The molecule has 0 spiro atoms. The van der Waals surface area contributed by atoms with Crippen LogP contribution in [0, 0.1) is 20.8 Å². The van der Waals surface area contributed by atoms with Gasteiger partial charge < -0.3 is 5.32 Å². The predicted octanol–water partition coefficient (Wildman–Crippen LogP) is 3.10. The lowest BCUT2D eigenvalue weighted by molar-refractivity contribution is 0.773. The first kappa shape index (κ1) is 11.7. The third-order valence-electron chi connectivity index (χ3n) is 2.49. The summed E-state index contributed by atoms with van der Waals surface area (Å²) in [6.45, 7) is 7.59. The van der Waals surface area contributed by atoms with Crippen LogP contribution in [0.3, 0.4) is 0 Å². The van der Waals surface area contributed by atoms with E-state index in [1.165, 1.54) is 22.3 Å². The average Bonchev–Trinajstić information content (AvgIpc) is 2.09. The third kappa shape index (κ3) is 3.10. The first-order valence-corrected chi connectivity index (χ1v) is 6.10. The number of hydrogen-bond acceptors (Lipinski definition) is 1. The van der Waals surface area contributed by atoms with Crippen molar-refractivity contribution in [2.45, 2.75) is 27.2 Å². The molecule has 0 aliphatic rings. The summed E-state index contributed by atoms with van der Waals surface area (Å²) in [6.07, 6.45) is 1.11. The monoisotopic (exact) mass is 255 g/mol. The minimum atomic E-state index is 0.872. The Morgan fingerprint density at radius 1 is 1.14 bits per heavy atom. The molecule has 0 radical (unpaired) electrons. The van der Waals surface area contributed by atoms with E-state index in [4.69, 9.17) is 0 Å². The smallest absolute Gasteiger partial charge is 0.0517 e. The molecule has 0 aliphatic carbocycles. The Bertz CT molecular complexity index is 284. The van der Waals surface area contributed by atoms with E-state index >= 15 is 0 Å². The van der Waals surface area contributed by atoms with Crippen molar-refractivity contribution in [2.75, 3.05) is 12.0 Å². The zero-order chi connectivity index (χ0) is 10.6. The standard InChI is InChI=1S/C12H18BrN/c1-9-6-10(2)12(11(3)7-9)4-5-14-8-13/h6-7,14H,4-5,8H2,1-3H3. The van der Waals surface area contributed by atoms with Crippen LogP contribution in [0.4, 0.5) is 0 Å². The molecule has 0 aromatic heterocycles. The molecule has 1 rings (SSSR count). The van der Waals surface area contributed by atoms with Gasteiger partial charge in [0.05, 0.1) is 5.45 Å². The van der Waals surface area contributed by atoms with Gasteiger partial charge in [-0.05, 0) is 50.4 Å². The Labute approximate surface area is 95.0 Å². The number of halogens is 1. The molecule has 14 heavy (non-hydrogen) atoms. The molecular weight excluding hydrogens is 238 g/mol. The molecule has 78 valence electrons. The summed E-state index contributed by atoms with van der Waals surface area (Å²) in [4.78, 5) is 0. The minimum Gasteiger partial charge on any atom is -0.307 e. The number of alkyl halides is 1. The molecule has 0 saturated heterocycles. The zero-order valence-electron chi connectivity index (χ0n) is 9.15. The molecule has 0 aliphatic heterocycles. The molecule has 1 aromatic carbocycles. The fraction of sp³-hybridized carbons (Fsp3) is 0.500. The van der Waals surface area contributed by atoms with Crippen LogP contribution in [0.5, 0.6) is 0 Å². The fourth-order valence-electron chi connectivity index (χ4n) is 1.88. The van der Waals surface area contributed by atoms with Crippen LogP contribution < -0.4 is 5.32 Å². The van der Waals surface area contributed by atoms with Crippen molar-refractivity contribution in [3.05, 3.63) is 34.4 Å². The topological polar surface area (TPSA) is 12.0 Å². The third-order valence-corrected chi connectivity index (χ3v) is 2.88. The molecule has 0 unspecified atom stereocenters. The van der Waals surface area contributed by atoms with Gasteiger partial charge in [0.1, 0.15) is 0 Å². The maximum absolute atomic E-state index is 3.36. The van der Waals surface area contributed by atoms with Gasteiger partial charge in [0.25, 0.3) is 0 Å². The highest BCUT2D eigenvalue weighted by atomic mass is 79.9. The van der Waals surface area contributed by atoms with Gasteiger partial charge in [-0.3, -0.25) is 0 Å². The van der Waals surface area contributed by atoms with Crippen molar-refractivity contribution in [1.82, 2.24) is 5.32 Å². The average molecular weight is 256 g/mol. The number of rotatable bonds is 4. The highest BCUT2D eigenvalue weighted by Gasteiger charge is 2.02. The first-order chi connectivity index (χ1) is 6.65. The molecular formula is C12H18BrN.